The number of hydrogen-bond donors (Lipinski definition) is 2. The van der Waals surface area contributed by atoms with Gasteiger partial charge in [-0.15, -0.1) is 0 Å². The molecule has 0 saturated carbocycles. The Hall–Kier alpha value is -2.70. The number of amides is 2. The summed E-state index contributed by atoms with van der Waals surface area (Å²) in [4.78, 5) is 36.3. The molecule has 1 aliphatic rings. The molecule has 120 valence electrons. The van der Waals surface area contributed by atoms with Gasteiger partial charge in [-0.2, -0.15) is 5.10 Å². The average Bonchev–Trinajstić information content (AvgIpc) is 2.75. The van der Waals surface area contributed by atoms with E-state index < -0.39 is 11.9 Å². The van der Waals surface area contributed by atoms with Gasteiger partial charge >= 0.3 is 0 Å². The zero-order chi connectivity index (χ0) is 16.2. The average molecular weight is 314 g/mol. The van der Waals surface area contributed by atoms with Crippen molar-refractivity contribution in [2.75, 3.05) is 6.54 Å². The molecular weight excluding hydrogens is 296 g/mol. The van der Waals surface area contributed by atoms with Crippen molar-refractivity contribution in [3.8, 4) is 0 Å². The Balaban J connectivity index is 1.74. The van der Waals surface area contributed by atoms with Crippen molar-refractivity contribution in [1.82, 2.24) is 20.4 Å². The Kier molecular flexibility index (Phi) is 4.36. The summed E-state index contributed by atoms with van der Waals surface area (Å²) in [5, 5.41) is 10.7. The molecule has 0 aliphatic carbocycles. The molecule has 0 radical (unpaired) electrons. The number of nitrogens with zero attached hydrogens (tertiary/aromatic N) is 2. The van der Waals surface area contributed by atoms with Gasteiger partial charge in [0.15, 0.2) is 0 Å². The van der Waals surface area contributed by atoms with Crippen molar-refractivity contribution in [2.45, 2.75) is 31.8 Å². The lowest BCUT2D eigenvalue weighted by Gasteiger charge is -2.15. The quantitative estimate of drug-likeness (QED) is 0.845. The second-order valence-corrected chi connectivity index (χ2v) is 5.60. The Labute approximate surface area is 132 Å². The van der Waals surface area contributed by atoms with Crippen LogP contribution >= 0.6 is 0 Å². The Morgan fingerprint density at radius 1 is 1.30 bits per heavy atom. The highest BCUT2D eigenvalue weighted by Gasteiger charge is 2.22. The van der Waals surface area contributed by atoms with Crippen LogP contribution in [0.2, 0.25) is 0 Å². The van der Waals surface area contributed by atoms with Gasteiger partial charge in [0.1, 0.15) is 12.6 Å². The van der Waals surface area contributed by atoms with E-state index in [9.17, 15) is 14.4 Å². The number of carbonyl (C=O) groups excluding carboxylic acids is 2. The molecule has 1 saturated heterocycles. The van der Waals surface area contributed by atoms with E-state index in [1.165, 1.54) is 0 Å². The zero-order valence-corrected chi connectivity index (χ0v) is 12.6. The number of fused-ring (bicyclic) bond motifs is 1. The van der Waals surface area contributed by atoms with Crippen LogP contribution in [-0.4, -0.2) is 34.2 Å². The second-order valence-electron chi connectivity index (χ2n) is 5.60. The molecule has 7 heteroatoms. The fourth-order valence-electron chi connectivity index (χ4n) is 2.69. The molecule has 7 nitrogen and oxygen atoms in total. The third-order valence-corrected chi connectivity index (χ3v) is 3.93. The molecule has 23 heavy (non-hydrogen) atoms. The molecule has 2 aromatic rings. The Morgan fingerprint density at radius 3 is 3.00 bits per heavy atom. The molecule has 0 bridgehead atoms. The molecule has 1 unspecified atom stereocenters. The molecule has 0 spiro atoms. The summed E-state index contributed by atoms with van der Waals surface area (Å²) in [7, 11) is 0. The minimum Gasteiger partial charge on any atom is -0.354 e. The SMILES string of the molecule is O=C(Cn1ncc2ccccc2c1=O)NC1CCCCNC1=O. The first-order chi connectivity index (χ1) is 11.1. The maximum atomic E-state index is 12.3. The van der Waals surface area contributed by atoms with Crippen molar-refractivity contribution in [2.24, 2.45) is 0 Å². The molecule has 1 aromatic carbocycles. The maximum Gasteiger partial charge on any atom is 0.275 e. The molecule has 2 N–H and O–H groups in total. The van der Waals surface area contributed by atoms with Gasteiger partial charge in [-0.05, 0) is 25.3 Å². The Morgan fingerprint density at radius 2 is 2.13 bits per heavy atom. The summed E-state index contributed by atoms with van der Waals surface area (Å²) in [6, 6.07) is 6.55. The summed E-state index contributed by atoms with van der Waals surface area (Å²) < 4.78 is 1.12. The second kappa shape index (κ2) is 6.60. The van der Waals surface area contributed by atoms with Gasteiger partial charge in [0.05, 0.1) is 11.6 Å². The first kappa shape index (κ1) is 15.2. The lowest BCUT2D eigenvalue weighted by molar-refractivity contribution is -0.129. The molecule has 3 rings (SSSR count). The zero-order valence-electron chi connectivity index (χ0n) is 12.6. The molecule has 1 aliphatic heterocycles. The normalized spacial score (nSPS) is 18.3. The fraction of sp³-hybridized carbons (Fsp3) is 0.375. The van der Waals surface area contributed by atoms with E-state index in [2.05, 4.69) is 15.7 Å². The van der Waals surface area contributed by atoms with Crippen molar-refractivity contribution in [3.05, 3.63) is 40.8 Å². The maximum absolute atomic E-state index is 12.3. The minimum atomic E-state index is -0.541. The number of nitrogens with one attached hydrogen (secondary N) is 2. The monoisotopic (exact) mass is 314 g/mol. The topological polar surface area (TPSA) is 93.1 Å². The van der Waals surface area contributed by atoms with Crippen LogP contribution in [0, 0.1) is 0 Å². The number of benzene rings is 1. The molecule has 1 aromatic heterocycles. The van der Waals surface area contributed by atoms with Gasteiger partial charge in [0.25, 0.3) is 5.56 Å². The van der Waals surface area contributed by atoms with Crippen LogP contribution in [0.25, 0.3) is 10.8 Å². The summed E-state index contributed by atoms with van der Waals surface area (Å²) >= 11 is 0. The van der Waals surface area contributed by atoms with E-state index >= 15 is 0 Å². The van der Waals surface area contributed by atoms with Crippen molar-refractivity contribution in [1.29, 1.82) is 0 Å². The lowest BCUT2D eigenvalue weighted by atomic mass is 10.1. The van der Waals surface area contributed by atoms with Crippen molar-refractivity contribution >= 4 is 22.6 Å². The van der Waals surface area contributed by atoms with E-state index in [4.69, 9.17) is 0 Å². The first-order valence-electron chi connectivity index (χ1n) is 7.67. The van der Waals surface area contributed by atoms with Crippen LogP contribution in [0.3, 0.4) is 0 Å². The van der Waals surface area contributed by atoms with E-state index in [0.717, 1.165) is 22.9 Å². The predicted octanol–water partition coefficient (Wildman–Crippen LogP) is 0.181. The van der Waals surface area contributed by atoms with E-state index in [0.29, 0.717) is 18.4 Å². The predicted molar refractivity (Wildman–Crippen MR) is 84.8 cm³/mol. The van der Waals surface area contributed by atoms with E-state index in [1.54, 1.807) is 24.4 Å². The summed E-state index contributed by atoms with van der Waals surface area (Å²) in [6.45, 7) is 0.435. The van der Waals surface area contributed by atoms with Crippen LogP contribution in [0.15, 0.2) is 35.3 Å². The van der Waals surface area contributed by atoms with Gasteiger partial charge in [-0.25, -0.2) is 4.68 Å². The molecule has 2 amide bonds. The van der Waals surface area contributed by atoms with Crippen molar-refractivity contribution in [3.63, 3.8) is 0 Å². The van der Waals surface area contributed by atoms with Crippen molar-refractivity contribution < 1.29 is 9.59 Å². The standard InChI is InChI=1S/C16H18N4O3/c21-14(19-13-7-3-4-8-17-15(13)22)10-20-16(23)12-6-2-1-5-11(12)9-18-20/h1-2,5-6,9,13H,3-4,7-8,10H2,(H,17,22)(H,19,21). The largest absolute Gasteiger partial charge is 0.354 e. The van der Waals surface area contributed by atoms with Crippen LogP contribution in [-0.2, 0) is 16.1 Å². The van der Waals surface area contributed by atoms with Gasteiger partial charge in [0, 0.05) is 11.9 Å². The highest BCUT2D eigenvalue weighted by molar-refractivity contribution is 5.87. The van der Waals surface area contributed by atoms with Gasteiger partial charge in [-0.1, -0.05) is 18.2 Å². The molecule has 2 heterocycles. The minimum absolute atomic E-state index is 0.172. The third-order valence-electron chi connectivity index (χ3n) is 3.93. The van der Waals surface area contributed by atoms with E-state index in [1.807, 2.05) is 6.07 Å². The summed E-state index contributed by atoms with van der Waals surface area (Å²) in [5.74, 6) is -0.563. The Bertz CT molecular complexity index is 799. The summed E-state index contributed by atoms with van der Waals surface area (Å²) in [6.07, 6.45) is 3.95. The fourth-order valence-corrected chi connectivity index (χ4v) is 2.69. The van der Waals surface area contributed by atoms with Crippen LogP contribution in [0.1, 0.15) is 19.3 Å². The molecule has 1 fully saturated rings. The van der Waals surface area contributed by atoms with Crippen LogP contribution in [0.4, 0.5) is 0 Å². The van der Waals surface area contributed by atoms with Gasteiger partial charge < -0.3 is 10.6 Å². The smallest absolute Gasteiger partial charge is 0.275 e. The first-order valence-corrected chi connectivity index (χ1v) is 7.67. The van der Waals surface area contributed by atoms with E-state index in [-0.39, 0.29) is 18.0 Å². The number of aromatic nitrogens is 2. The number of hydrogen-bond acceptors (Lipinski definition) is 4. The molecule has 1 atom stereocenters. The van der Waals surface area contributed by atoms with Crippen LogP contribution < -0.4 is 16.2 Å². The lowest BCUT2D eigenvalue weighted by Crippen LogP contribution is -2.47. The highest BCUT2D eigenvalue weighted by atomic mass is 16.2. The third kappa shape index (κ3) is 3.39. The summed E-state index contributed by atoms with van der Waals surface area (Å²) in [5.41, 5.74) is -0.316. The molecular formula is C16H18N4O3. The highest BCUT2D eigenvalue weighted by Crippen LogP contribution is 2.07. The number of rotatable bonds is 3. The van der Waals surface area contributed by atoms with Crippen LogP contribution in [0.5, 0.6) is 0 Å². The van der Waals surface area contributed by atoms with Gasteiger partial charge in [0.2, 0.25) is 11.8 Å². The van der Waals surface area contributed by atoms with Gasteiger partial charge in [-0.3, -0.25) is 14.4 Å². The number of carbonyl (C=O) groups is 2.